The van der Waals surface area contributed by atoms with Crippen molar-refractivity contribution in [1.29, 1.82) is 0 Å². The number of carbonyl (C=O) groups excluding carboxylic acids is 1. The van der Waals surface area contributed by atoms with Crippen LogP contribution in [0.2, 0.25) is 5.02 Å². The fourth-order valence-corrected chi connectivity index (χ4v) is 1.43. The minimum atomic E-state index is -0.638. The maximum Gasteiger partial charge on any atom is 0.324 e. The molecule has 1 atom stereocenters. The Bertz CT molecular complexity index is 308. The van der Waals surface area contributed by atoms with Crippen LogP contribution in [0.5, 0.6) is 0 Å². The van der Waals surface area contributed by atoms with Gasteiger partial charge in [0.2, 0.25) is 0 Å². The number of halogens is 2. The van der Waals surface area contributed by atoms with Gasteiger partial charge in [0.15, 0.2) is 0 Å². The van der Waals surface area contributed by atoms with E-state index in [2.05, 4.69) is 4.74 Å². The predicted molar refractivity (Wildman–Crippen MR) is 56.8 cm³/mol. The summed E-state index contributed by atoms with van der Waals surface area (Å²) in [7, 11) is 1.32. The molecule has 2 nitrogen and oxygen atoms in total. The molecule has 14 heavy (non-hydrogen) atoms. The molecule has 0 radical (unpaired) electrons. The summed E-state index contributed by atoms with van der Waals surface area (Å²) in [5.74, 6) is -0.415. The number of rotatable bonds is 3. The molecule has 0 aliphatic heterocycles. The molecule has 0 amide bonds. The van der Waals surface area contributed by atoms with Crippen molar-refractivity contribution in [2.45, 2.75) is 11.8 Å². The van der Waals surface area contributed by atoms with E-state index in [1.807, 2.05) is 12.1 Å². The normalized spacial score (nSPS) is 12.2. The van der Waals surface area contributed by atoms with E-state index in [0.29, 0.717) is 11.4 Å². The minimum Gasteiger partial charge on any atom is -0.468 e. The van der Waals surface area contributed by atoms with Gasteiger partial charge in [0.25, 0.3) is 0 Å². The summed E-state index contributed by atoms with van der Waals surface area (Å²) in [6.07, 6.45) is 0.450. The molecule has 1 unspecified atom stereocenters. The Kier molecular flexibility index (Phi) is 4.23. The molecule has 1 aromatic carbocycles. The molecular formula is C10H10Cl2O2. The van der Waals surface area contributed by atoms with Gasteiger partial charge in [-0.05, 0) is 24.1 Å². The highest BCUT2D eigenvalue weighted by atomic mass is 35.5. The SMILES string of the molecule is COC(=O)C(Cl)Cc1ccc(Cl)cc1. The van der Waals surface area contributed by atoms with E-state index in [0.717, 1.165) is 5.56 Å². The average Bonchev–Trinajstić information content (AvgIpc) is 2.20. The fourth-order valence-electron chi connectivity index (χ4n) is 1.04. The molecule has 76 valence electrons. The average molecular weight is 233 g/mol. The van der Waals surface area contributed by atoms with Gasteiger partial charge < -0.3 is 4.74 Å². The molecule has 0 saturated heterocycles. The van der Waals surface area contributed by atoms with Crippen molar-refractivity contribution >= 4 is 29.2 Å². The zero-order valence-corrected chi connectivity index (χ0v) is 9.18. The fraction of sp³-hybridized carbons (Fsp3) is 0.300. The lowest BCUT2D eigenvalue weighted by atomic mass is 10.1. The van der Waals surface area contributed by atoms with Crippen molar-refractivity contribution in [3.63, 3.8) is 0 Å². The largest absolute Gasteiger partial charge is 0.468 e. The summed E-state index contributed by atoms with van der Waals surface area (Å²) in [6, 6.07) is 7.19. The molecule has 1 rings (SSSR count). The van der Waals surface area contributed by atoms with Gasteiger partial charge in [-0.2, -0.15) is 0 Å². The van der Waals surface area contributed by atoms with Crippen LogP contribution >= 0.6 is 23.2 Å². The van der Waals surface area contributed by atoms with E-state index in [-0.39, 0.29) is 0 Å². The van der Waals surface area contributed by atoms with Crippen molar-refractivity contribution in [2.24, 2.45) is 0 Å². The summed E-state index contributed by atoms with van der Waals surface area (Å²) in [5.41, 5.74) is 0.958. The Morgan fingerprint density at radius 2 is 2.00 bits per heavy atom. The number of ether oxygens (including phenoxy) is 1. The summed E-state index contributed by atoms with van der Waals surface area (Å²) < 4.78 is 4.51. The zero-order valence-electron chi connectivity index (χ0n) is 7.67. The van der Waals surface area contributed by atoms with Gasteiger partial charge in [-0.15, -0.1) is 11.6 Å². The third-order valence-corrected chi connectivity index (χ3v) is 2.37. The standard InChI is InChI=1S/C10H10Cl2O2/c1-14-10(13)9(12)6-7-2-4-8(11)5-3-7/h2-5,9H,6H2,1H3. The molecule has 0 spiro atoms. The molecular weight excluding hydrogens is 223 g/mol. The van der Waals surface area contributed by atoms with E-state index in [4.69, 9.17) is 23.2 Å². The van der Waals surface area contributed by atoms with Crippen LogP contribution < -0.4 is 0 Å². The van der Waals surface area contributed by atoms with Gasteiger partial charge in [0.05, 0.1) is 7.11 Å². The first kappa shape index (κ1) is 11.3. The summed E-state index contributed by atoms with van der Waals surface area (Å²) in [6.45, 7) is 0. The van der Waals surface area contributed by atoms with Crippen LogP contribution in [-0.4, -0.2) is 18.5 Å². The maximum absolute atomic E-state index is 11.0. The van der Waals surface area contributed by atoms with E-state index in [1.165, 1.54) is 7.11 Å². The summed E-state index contributed by atoms with van der Waals surface area (Å²) >= 11 is 11.5. The smallest absolute Gasteiger partial charge is 0.324 e. The van der Waals surface area contributed by atoms with Gasteiger partial charge in [-0.25, -0.2) is 0 Å². The lowest BCUT2D eigenvalue weighted by molar-refractivity contribution is -0.140. The number of alkyl halides is 1. The summed E-state index contributed by atoms with van der Waals surface area (Å²) in [4.78, 5) is 11.0. The van der Waals surface area contributed by atoms with Crippen LogP contribution in [0.4, 0.5) is 0 Å². The lowest BCUT2D eigenvalue weighted by Crippen LogP contribution is -2.18. The van der Waals surface area contributed by atoms with Crippen molar-refractivity contribution in [1.82, 2.24) is 0 Å². The quantitative estimate of drug-likeness (QED) is 0.592. The predicted octanol–water partition coefficient (Wildman–Crippen LogP) is 2.66. The van der Waals surface area contributed by atoms with Crippen molar-refractivity contribution in [3.05, 3.63) is 34.9 Å². The Labute approximate surface area is 92.8 Å². The number of hydrogen-bond donors (Lipinski definition) is 0. The molecule has 0 fully saturated rings. The highest BCUT2D eigenvalue weighted by Gasteiger charge is 2.15. The third-order valence-electron chi connectivity index (χ3n) is 1.79. The van der Waals surface area contributed by atoms with E-state index in [9.17, 15) is 4.79 Å². The number of hydrogen-bond acceptors (Lipinski definition) is 2. The highest BCUT2D eigenvalue weighted by molar-refractivity contribution is 6.30. The molecule has 0 aliphatic rings. The summed E-state index contributed by atoms with van der Waals surface area (Å²) in [5, 5.41) is 0.0270. The second kappa shape index (κ2) is 5.23. The lowest BCUT2D eigenvalue weighted by Gasteiger charge is -2.06. The molecule has 0 aliphatic carbocycles. The van der Waals surface area contributed by atoms with Gasteiger partial charge in [0.1, 0.15) is 5.38 Å². The monoisotopic (exact) mass is 232 g/mol. The highest BCUT2D eigenvalue weighted by Crippen LogP contribution is 2.13. The molecule has 0 aromatic heterocycles. The number of benzene rings is 1. The number of esters is 1. The molecule has 0 saturated carbocycles. The number of methoxy groups -OCH3 is 1. The third kappa shape index (κ3) is 3.20. The van der Waals surface area contributed by atoms with Crippen LogP contribution in [0.3, 0.4) is 0 Å². The molecule has 1 aromatic rings. The Hall–Kier alpha value is -0.730. The molecule has 0 heterocycles. The Balaban J connectivity index is 2.60. The van der Waals surface area contributed by atoms with Gasteiger partial charge in [0, 0.05) is 5.02 Å². The molecule has 0 bridgehead atoms. The van der Waals surface area contributed by atoms with E-state index in [1.54, 1.807) is 12.1 Å². The molecule has 4 heteroatoms. The Morgan fingerprint density at radius 1 is 1.43 bits per heavy atom. The first-order valence-electron chi connectivity index (χ1n) is 4.10. The van der Waals surface area contributed by atoms with Crippen molar-refractivity contribution in [3.8, 4) is 0 Å². The topological polar surface area (TPSA) is 26.3 Å². The number of carbonyl (C=O) groups is 1. The second-order valence-corrected chi connectivity index (χ2v) is 3.78. The van der Waals surface area contributed by atoms with Crippen LogP contribution in [0, 0.1) is 0 Å². The molecule has 0 N–H and O–H groups in total. The van der Waals surface area contributed by atoms with Crippen LogP contribution in [-0.2, 0) is 16.0 Å². The minimum absolute atomic E-state index is 0.415. The first-order chi connectivity index (χ1) is 6.63. The van der Waals surface area contributed by atoms with Crippen molar-refractivity contribution in [2.75, 3.05) is 7.11 Å². The first-order valence-corrected chi connectivity index (χ1v) is 4.91. The van der Waals surface area contributed by atoms with Crippen LogP contribution in [0.15, 0.2) is 24.3 Å². The van der Waals surface area contributed by atoms with Gasteiger partial charge >= 0.3 is 5.97 Å². The van der Waals surface area contributed by atoms with Crippen LogP contribution in [0.1, 0.15) is 5.56 Å². The Morgan fingerprint density at radius 3 is 2.50 bits per heavy atom. The van der Waals surface area contributed by atoms with Crippen LogP contribution in [0.25, 0.3) is 0 Å². The van der Waals surface area contributed by atoms with E-state index < -0.39 is 11.3 Å². The van der Waals surface area contributed by atoms with Gasteiger partial charge in [-0.1, -0.05) is 23.7 Å². The van der Waals surface area contributed by atoms with E-state index >= 15 is 0 Å². The maximum atomic E-state index is 11.0. The second-order valence-electron chi connectivity index (χ2n) is 2.82. The van der Waals surface area contributed by atoms with Crippen molar-refractivity contribution < 1.29 is 9.53 Å². The zero-order chi connectivity index (χ0) is 10.6. The van der Waals surface area contributed by atoms with Gasteiger partial charge in [-0.3, -0.25) is 4.79 Å².